The summed E-state index contributed by atoms with van der Waals surface area (Å²) in [6, 6.07) is 12.3. The van der Waals surface area contributed by atoms with Crippen LogP contribution in [-0.4, -0.2) is 20.4 Å². The van der Waals surface area contributed by atoms with Crippen LogP contribution >= 0.6 is 11.3 Å². The molecule has 0 bridgehead atoms. The van der Waals surface area contributed by atoms with Gasteiger partial charge < -0.3 is 14.9 Å². The molecule has 1 amide bonds. The van der Waals surface area contributed by atoms with Crippen molar-refractivity contribution in [3.63, 3.8) is 0 Å². The van der Waals surface area contributed by atoms with Gasteiger partial charge in [0.25, 0.3) is 5.91 Å². The Morgan fingerprint density at radius 1 is 1.17 bits per heavy atom. The van der Waals surface area contributed by atoms with Gasteiger partial charge in [0.05, 0.1) is 21.7 Å². The van der Waals surface area contributed by atoms with Crippen LogP contribution in [0.4, 0.5) is 5.69 Å². The van der Waals surface area contributed by atoms with Gasteiger partial charge in [0, 0.05) is 28.7 Å². The summed E-state index contributed by atoms with van der Waals surface area (Å²) < 4.78 is 1.38. The molecule has 0 saturated heterocycles. The van der Waals surface area contributed by atoms with Crippen LogP contribution in [0.2, 0.25) is 0 Å². The predicted octanol–water partition coefficient (Wildman–Crippen LogP) is 3.39. The number of H-pyrrole nitrogens is 1. The molecule has 146 valence electrons. The number of nitrogens with zero attached hydrogens (tertiary/aromatic N) is 2. The molecular weight excluding hydrogens is 388 g/mol. The molecule has 0 aliphatic rings. The smallest absolute Gasteiger partial charge is 0.316 e. The molecule has 0 saturated carbocycles. The number of thiazole rings is 1. The number of nitrogens with one attached hydrogen (secondary N) is 2. The molecule has 0 aliphatic carbocycles. The third-order valence-corrected chi connectivity index (χ3v) is 5.38. The van der Waals surface area contributed by atoms with Crippen molar-refractivity contribution in [3.05, 3.63) is 79.1 Å². The molecule has 2 aromatic carbocycles. The van der Waals surface area contributed by atoms with E-state index in [1.807, 2.05) is 36.6 Å². The van der Waals surface area contributed by atoms with Crippen LogP contribution in [0.3, 0.4) is 0 Å². The number of amides is 1. The third kappa shape index (κ3) is 3.62. The van der Waals surface area contributed by atoms with Gasteiger partial charge in [-0.2, -0.15) is 0 Å². The van der Waals surface area contributed by atoms with Crippen LogP contribution in [0.5, 0.6) is 0 Å². The number of aryl methyl sites for hydroxylation is 2. The molecule has 0 unspecified atom stereocenters. The van der Waals surface area contributed by atoms with Crippen LogP contribution in [0.1, 0.15) is 22.3 Å². The van der Waals surface area contributed by atoms with Gasteiger partial charge in [-0.15, -0.1) is 11.3 Å². The van der Waals surface area contributed by atoms with E-state index in [1.54, 1.807) is 36.5 Å². The number of anilines is 1. The van der Waals surface area contributed by atoms with Crippen molar-refractivity contribution in [3.8, 4) is 11.3 Å². The van der Waals surface area contributed by atoms with Gasteiger partial charge >= 0.3 is 11.1 Å². The largest absolute Gasteiger partial charge is 0.322 e. The van der Waals surface area contributed by atoms with Gasteiger partial charge in [-0.05, 0) is 44.2 Å². The standard InChI is InChI=1S/C21H18N4O3S/c1-3-25-18-9-6-14(10-16(18)24-20(27)21(25)28)19(26)23-15-7-4-13(5-8-15)17-11-29-12(2)22-17/h4-11H,3H2,1-2H3,(H,23,26)(H,24,27). The zero-order valence-electron chi connectivity index (χ0n) is 15.9. The van der Waals surface area contributed by atoms with Crippen molar-refractivity contribution in [1.82, 2.24) is 14.5 Å². The fourth-order valence-corrected chi connectivity index (χ4v) is 3.78. The number of benzene rings is 2. The highest BCUT2D eigenvalue weighted by Gasteiger charge is 2.11. The number of aromatic nitrogens is 3. The lowest BCUT2D eigenvalue weighted by Crippen LogP contribution is -2.36. The van der Waals surface area contributed by atoms with Gasteiger partial charge in [0.1, 0.15) is 0 Å². The first-order valence-corrected chi connectivity index (χ1v) is 9.95. The average Bonchev–Trinajstić information content (AvgIpc) is 3.15. The first kappa shape index (κ1) is 18.8. The van der Waals surface area contributed by atoms with Crippen molar-refractivity contribution in [2.45, 2.75) is 20.4 Å². The molecule has 4 aromatic rings. The van der Waals surface area contributed by atoms with E-state index in [1.165, 1.54) is 4.57 Å². The second-order valence-electron chi connectivity index (χ2n) is 6.52. The molecule has 2 heterocycles. The summed E-state index contributed by atoms with van der Waals surface area (Å²) in [4.78, 5) is 43.4. The van der Waals surface area contributed by atoms with Crippen molar-refractivity contribution >= 4 is 34.0 Å². The molecule has 0 fully saturated rings. The second kappa shape index (κ2) is 7.48. The number of hydrogen-bond donors (Lipinski definition) is 2. The fourth-order valence-electron chi connectivity index (χ4n) is 3.16. The van der Waals surface area contributed by atoms with Gasteiger partial charge in [0.15, 0.2) is 0 Å². The highest BCUT2D eigenvalue weighted by Crippen LogP contribution is 2.23. The van der Waals surface area contributed by atoms with Crippen LogP contribution < -0.4 is 16.4 Å². The maximum Gasteiger partial charge on any atom is 0.316 e. The number of rotatable bonds is 4. The van der Waals surface area contributed by atoms with Crippen LogP contribution in [-0.2, 0) is 6.54 Å². The summed E-state index contributed by atoms with van der Waals surface area (Å²) in [6.45, 7) is 4.12. The molecule has 0 radical (unpaired) electrons. The Morgan fingerprint density at radius 3 is 2.59 bits per heavy atom. The highest BCUT2D eigenvalue weighted by molar-refractivity contribution is 7.09. The summed E-state index contributed by atoms with van der Waals surface area (Å²) in [5, 5.41) is 5.84. The Hall–Kier alpha value is -3.52. The Bertz CT molecular complexity index is 1330. The fraction of sp³-hybridized carbons (Fsp3) is 0.143. The summed E-state index contributed by atoms with van der Waals surface area (Å²) in [7, 11) is 0. The monoisotopic (exact) mass is 406 g/mol. The zero-order valence-corrected chi connectivity index (χ0v) is 16.7. The molecule has 0 spiro atoms. The minimum Gasteiger partial charge on any atom is -0.322 e. The van der Waals surface area contributed by atoms with Gasteiger partial charge in [0.2, 0.25) is 0 Å². The summed E-state index contributed by atoms with van der Waals surface area (Å²) in [6.07, 6.45) is 0. The normalized spacial score (nSPS) is 11.0. The third-order valence-electron chi connectivity index (χ3n) is 4.61. The number of aromatic amines is 1. The number of carbonyl (C=O) groups is 1. The highest BCUT2D eigenvalue weighted by atomic mass is 32.1. The van der Waals surface area contributed by atoms with Gasteiger partial charge in [-0.25, -0.2) is 4.98 Å². The summed E-state index contributed by atoms with van der Waals surface area (Å²) >= 11 is 1.59. The molecule has 0 atom stereocenters. The topological polar surface area (TPSA) is 96.9 Å². The first-order valence-electron chi connectivity index (χ1n) is 9.07. The zero-order chi connectivity index (χ0) is 20.5. The molecular formula is C21H18N4O3S. The first-order chi connectivity index (χ1) is 14.0. The van der Waals surface area contributed by atoms with Crippen molar-refractivity contribution in [2.24, 2.45) is 0 Å². The van der Waals surface area contributed by atoms with E-state index in [9.17, 15) is 14.4 Å². The van der Waals surface area contributed by atoms with E-state index in [2.05, 4.69) is 15.3 Å². The Balaban J connectivity index is 1.60. The SMILES string of the molecule is CCn1c(=O)c(=O)[nH]c2cc(C(=O)Nc3ccc(-c4csc(C)n4)cc3)ccc21. The molecule has 7 nitrogen and oxygen atoms in total. The molecule has 2 aromatic heterocycles. The second-order valence-corrected chi connectivity index (χ2v) is 7.58. The average molecular weight is 406 g/mol. The van der Waals surface area contributed by atoms with Gasteiger partial charge in [-0.1, -0.05) is 12.1 Å². The van der Waals surface area contributed by atoms with E-state index < -0.39 is 11.1 Å². The van der Waals surface area contributed by atoms with Crippen LogP contribution in [0, 0.1) is 6.92 Å². The summed E-state index contributed by atoms with van der Waals surface area (Å²) in [5.74, 6) is -0.306. The lowest BCUT2D eigenvalue weighted by molar-refractivity contribution is 0.102. The maximum atomic E-state index is 12.6. The lowest BCUT2D eigenvalue weighted by atomic mass is 10.1. The summed E-state index contributed by atoms with van der Waals surface area (Å²) in [5.41, 5.74) is 2.64. The Kier molecular flexibility index (Phi) is 4.85. The minimum atomic E-state index is -0.704. The Labute approximate surface area is 169 Å². The molecule has 2 N–H and O–H groups in total. The number of carbonyl (C=O) groups excluding carboxylic acids is 1. The van der Waals surface area contributed by atoms with E-state index >= 15 is 0 Å². The van der Waals surface area contributed by atoms with Crippen LogP contribution in [0.25, 0.3) is 22.3 Å². The molecule has 0 aliphatic heterocycles. The minimum absolute atomic E-state index is 0.306. The van der Waals surface area contributed by atoms with E-state index in [-0.39, 0.29) is 5.91 Å². The molecule has 8 heteroatoms. The predicted molar refractivity (Wildman–Crippen MR) is 115 cm³/mol. The van der Waals surface area contributed by atoms with E-state index in [4.69, 9.17) is 0 Å². The molecule has 4 rings (SSSR count). The maximum absolute atomic E-state index is 12.6. The van der Waals surface area contributed by atoms with Crippen molar-refractivity contribution < 1.29 is 4.79 Å². The van der Waals surface area contributed by atoms with Crippen molar-refractivity contribution in [2.75, 3.05) is 5.32 Å². The van der Waals surface area contributed by atoms with E-state index in [0.29, 0.717) is 28.8 Å². The quantitative estimate of drug-likeness (QED) is 0.508. The van der Waals surface area contributed by atoms with E-state index in [0.717, 1.165) is 16.3 Å². The van der Waals surface area contributed by atoms with Gasteiger partial charge in [-0.3, -0.25) is 14.4 Å². The van der Waals surface area contributed by atoms with Crippen molar-refractivity contribution in [1.29, 1.82) is 0 Å². The number of fused-ring (bicyclic) bond motifs is 1. The Morgan fingerprint density at radius 2 is 1.93 bits per heavy atom. The molecule has 29 heavy (non-hydrogen) atoms. The van der Waals surface area contributed by atoms with Crippen LogP contribution in [0.15, 0.2) is 57.4 Å². The lowest BCUT2D eigenvalue weighted by Gasteiger charge is -2.09. The number of hydrogen-bond acceptors (Lipinski definition) is 5.